The molecule has 0 spiro atoms. The number of anilines is 2. The summed E-state index contributed by atoms with van der Waals surface area (Å²) in [5.74, 6) is 0.750. The monoisotopic (exact) mass is 424 g/mol. The van der Waals surface area contributed by atoms with Crippen LogP contribution in [-0.4, -0.2) is 41.2 Å². The van der Waals surface area contributed by atoms with Gasteiger partial charge in [-0.25, -0.2) is 5.06 Å². The number of nitrogens with two attached hydrogens (primary N) is 1. The number of fused-ring (bicyclic) bond motifs is 5. The quantitative estimate of drug-likeness (QED) is 0.754. The molecule has 2 aliphatic carbocycles. The number of aryl methyl sites for hydroxylation is 1. The molecule has 31 heavy (non-hydrogen) atoms. The summed E-state index contributed by atoms with van der Waals surface area (Å²) in [5.41, 5.74) is 11.7. The van der Waals surface area contributed by atoms with Gasteiger partial charge in [0.25, 0.3) is 0 Å². The van der Waals surface area contributed by atoms with Gasteiger partial charge in [-0.3, -0.25) is 4.84 Å². The van der Waals surface area contributed by atoms with Crippen molar-refractivity contribution in [2.75, 3.05) is 24.5 Å². The second kappa shape index (κ2) is 8.63. The van der Waals surface area contributed by atoms with Crippen LogP contribution in [0.3, 0.4) is 0 Å². The number of nitrogen functional groups attached to an aromatic ring is 1. The van der Waals surface area contributed by atoms with Crippen molar-refractivity contribution in [1.29, 1.82) is 0 Å². The van der Waals surface area contributed by atoms with Crippen LogP contribution in [0.2, 0.25) is 0 Å². The number of phenols is 1. The predicted octanol–water partition coefficient (Wildman–Crippen LogP) is 3.95. The number of nitrogens with zero attached hydrogens (tertiary/aromatic N) is 3. The molecule has 2 fully saturated rings. The third-order valence-corrected chi connectivity index (χ3v) is 7.08. The van der Waals surface area contributed by atoms with Crippen LogP contribution in [0.5, 0.6) is 5.75 Å². The first-order valence-electron chi connectivity index (χ1n) is 11.6. The zero-order chi connectivity index (χ0) is 21.4. The lowest BCUT2D eigenvalue weighted by atomic mass is 9.96. The molecule has 1 unspecified atom stereocenters. The predicted molar refractivity (Wildman–Crippen MR) is 120 cm³/mol. The van der Waals surface area contributed by atoms with Crippen molar-refractivity contribution in [2.24, 2.45) is 0 Å². The van der Waals surface area contributed by atoms with Gasteiger partial charge in [-0.2, -0.15) is 0 Å². The number of aromatic hydroxyl groups is 1. The minimum atomic E-state index is 0.168. The Morgan fingerprint density at radius 1 is 1.06 bits per heavy atom. The minimum Gasteiger partial charge on any atom is -0.507 e. The van der Waals surface area contributed by atoms with Gasteiger partial charge in [0.1, 0.15) is 17.1 Å². The van der Waals surface area contributed by atoms with Crippen LogP contribution >= 0.6 is 0 Å². The number of methoxy groups -OCH3 is 1. The number of benzene rings is 1. The van der Waals surface area contributed by atoms with Crippen molar-refractivity contribution in [3.05, 3.63) is 28.8 Å². The highest BCUT2D eigenvalue weighted by Gasteiger charge is 2.36. The first-order valence-corrected chi connectivity index (χ1v) is 11.6. The standard InChI is InChI=1S/C17H18N4O2.C7H14O/c18-17-15-13(8-10-6-7-21(15)23-10)14(19-20-17)12-5-4-9-2-1-3-11(9)16(12)22;1-8-7-5-3-2-4-6-7/h4-5,10,22H,1-3,6-8H2,(H2,18,20);7H,2-6H2,1H3. The van der Waals surface area contributed by atoms with Gasteiger partial charge in [-0.15, -0.1) is 10.2 Å². The third-order valence-electron chi connectivity index (χ3n) is 7.08. The van der Waals surface area contributed by atoms with Gasteiger partial charge >= 0.3 is 0 Å². The van der Waals surface area contributed by atoms with E-state index in [0.29, 0.717) is 17.7 Å². The van der Waals surface area contributed by atoms with Gasteiger partial charge in [0.05, 0.1) is 12.2 Å². The Hall–Kier alpha value is -2.38. The number of hydrogen-bond donors (Lipinski definition) is 2. The van der Waals surface area contributed by atoms with Gasteiger partial charge in [-0.1, -0.05) is 25.3 Å². The summed E-state index contributed by atoms with van der Waals surface area (Å²) < 4.78 is 5.19. The maximum absolute atomic E-state index is 10.7. The molecule has 0 amide bonds. The highest BCUT2D eigenvalue weighted by Crippen LogP contribution is 2.45. The summed E-state index contributed by atoms with van der Waals surface area (Å²) in [6.07, 6.45) is 12.3. The lowest BCUT2D eigenvalue weighted by molar-refractivity contribution is 0.0710. The summed E-state index contributed by atoms with van der Waals surface area (Å²) in [5, 5.41) is 21.0. The molecule has 6 rings (SSSR count). The van der Waals surface area contributed by atoms with Crippen LogP contribution < -0.4 is 10.8 Å². The van der Waals surface area contributed by atoms with E-state index in [2.05, 4.69) is 16.3 Å². The Labute approximate surface area is 183 Å². The van der Waals surface area contributed by atoms with E-state index < -0.39 is 0 Å². The molecule has 3 N–H and O–H groups in total. The number of hydrogen-bond acceptors (Lipinski definition) is 7. The summed E-state index contributed by atoms with van der Waals surface area (Å²) in [6.45, 7) is 0.823. The van der Waals surface area contributed by atoms with Gasteiger partial charge in [0.2, 0.25) is 0 Å². The van der Waals surface area contributed by atoms with Crippen molar-refractivity contribution >= 4 is 11.5 Å². The number of ether oxygens (including phenoxy) is 1. The van der Waals surface area contributed by atoms with Crippen molar-refractivity contribution < 1.29 is 14.7 Å². The molecule has 1 aromatic heterocycles. The molecule has 3 heterocycles. The fourth-order valence-electron chi connectivity index (χ4n) is 5.38. The first-order chi connectivity index (χ1) is 15.2. The van der Waals surface area contributed by atoms with Crippen molar-refractivity contribution in [3.8, 4) is 17.0 Å². The van der Waals surface area contributed by atoms with E-state index in [-0.39, 0.29) is 6.10 Å². The van der Waals surface area contributed by atoms with E-state index in [9.17, 15) is 5.11 Å². The SMILES string of the molecule is COC1CCCCC1.Nc1nnc(-c2ccc3c(c2O)CCC3)c2c1N1CCC(C2)O1. The van der Waals surface area contributed by atoms with Crippen LogP contribution in [0.4, 0.5) is 11.5 Å². The highest BCUT2D eigenvalue weighted by molar-refractivity contribution is 5.81. The fourth-order valence-corrected chi connectivity index (χ4v) is 5.38. The van der Waals surface area contributed by atoms with Crippen molar-refractivity contribution in [3.63, 3.8) is 0 Å². The van der Waals surface area contributed by atoms with Crippen LogP contribution in [0.1, 0.15) is 61.6 Å². The van der Waals surface area contributed by atoms with Gasteiger partial charge < -0.3 is 15.6 Å². The molecule has 1 saturated carbocycles. The summed E-state index contributed by atoms with van der Waals surface area (Å²) in [7, 11) is 1.82. The van der Waals surface area contributed by atoms with E-state index in [1.165, 1.54) is 37.7 Å². The first kappa shape index (κ1) is 20.5. The molecule has 4 aliphatic rings. The summed E-state index contributed by atoms with van der Waals surface area (Å²) in [6, 6.07) is 4.07. The van der Waals surface area contributed by atoms with Gasteiger partial charge in [0, 0.05) is 31.2 Å². The molecule has 1 saturated heterocycles. The minimum absolute atomic E-state index is 0.168. The fraction of sp³-hybridized carbons (Fsp3) is 0.583. The molecule has 2 bridgehead atoms. The molecule has 1 aromatic carbocycles. The van der Waals surface area contributed by atoms with Gasteiger partial charge in [0.15, 0.2) is 5.82 Å². The maximum atomic E-state index is 10.7. The Bertz CT molecular complexity index is 958. The molecule has 7 nitrogen and oxygen atoms in total. The Balaban J connectivity index is 0.000000217. The molecule has 7 heteroatoms. The smallest absolute Gasteiger partial charge is 0.172 e. The molecule has 1 atom stereocenters. The lowest BCUT2D eigenvalue weighted by Crippen LogP contribution is -2.28. The Kier molecular flexibility index (Phi) is 5.71. The maximum Gasteiger partial charge on any atom is 0.172 e. The second-order valence-corrected chi connectivity index (χ2v) is 9.03. The average Bonchev–Trinajstić information content (AvgIpc) is 3.43. The molecule has 2 aliphatic heterocycles. The van der Waals surface area contributed by atoms with E-state index in [1.807, 2.05) is 18.2 Å². The van der Waals surface area contributed by atoms with E-state index in [0.717, 1.165) is 66.7 Å². The van der Waals surface area contributed by atoms with Crippen molar-refractivity contribution in [2.45, 2.75) is 76.4 Å². The van der Waals surface area contributed by atoms with Gasteiger partial charge in [-0.05, 0) is 55.7 Å². The normalized spacial score (nSPS) is 22.0. The molecular weight excluding hydrogens is 392 g/mol. The molecular formula is C24H32N4O3. The zero-order valence-electron chi connectivity index (χ0n) is 18.3. The van der Waals surface area contributed by atoms with E-state index in [1.54, 1.807) is 0 Å². The molecule has 166 valence electrons. The molecule has 2 aromatic rings. The van der Waals surface area contributed by atoms with Crippen molar-refractivity contribution in [1.82, 2.24) is 10.2 Å². The highest BCUT2D eigenvalue weighted by atomic mass is 16.7. The second-order valence-electron chi connectivity index (χ2n) is 9.03. The van der Waals surface area contributed by atoms with Crippen LogP contribution in [0, 0.1) is 0 Å². The van der Waals surface area contributed by atoms with Crippen LogP contribution in [0.15, 0.2) is 12.1 Å². The number of aromatic nitrogens is 2. The number of phenolic OH excluding ortho intramolecular Hbond substituents is 1. The van der Waals surface area contributed by atoms with Crippen LogP contribution in [0.25, 0.3) is 11.3 Å². The van der Waals surface area contributed by atoms with Crippen LogP contribution in [-0.2, 0) is 28.8 Å². The van der Waals surface area contributed by atoms with E-state index in [4.69, 9.17) is 15.3 Å². The summed E-state index contributed by atoms with van der Waals surface area (Å²) >= 11 is 0. The Morgan fingerprint density at radius 2 is 1.90 bits per heavy atom. The largest absolute Gasteiger partial charge is 0.507 e. The number of rotatable bonds is 2. The lowest BCUT2D eigenvalue weighted by Gasteiger charge is -2.28. The zero-order valence-corrected chi connectivity index (χ0v) is 18.3. The Morgan fingerprint density at radius 3 is 2.68 bits per heavy atom. The molecule has 0 radical (unpaired) electrons. The number of hydroxylamine groups is 1. The van der Waals surface area contributed by atoms with E-state index >= 15 is 0 Å². The summed E-state index contributed by atoms with van der Waals surface area (Å²) in [4.78, 5) is 5.82. The average molecular weight is 425 g/mol. The topological polar surface area (TPSA) is 93.7 Å². The third kappa shape index (κ3) is 3.85.